The highest BCUT2D eigenvalue weighted by Gasteiger charge is 2.22. The van der Waals surface area contributed by atoms with Gasteiger partial charge in [0.2, 0.25) is 11.9 Å². The van der Waals surface area contributed by atoms with Crippen molar-refractivity contribution in [1.29, 1.82) is 0 Å². The smallest absolute Gasteiger partial charge is 0.230 e. The molecule has 1 fully saturated rings. The van der Waals surface area contributed by atoms with E-state index < -0.39 is 0 Å². The molecular formula is C15H28N6O. The molecule has 1 aliphatic rings. The first kappa shape index (κ1) is 16.9. The quantitative estimate of drug-likeness (QED) is 0.752. The van der Waals surface area contributed by atoms with Crippen molar-refractivity contribution < 1.29 is 5.11 Å². The highest BCUT2D eigenvalue weighted by atomic mass is 16.3. The number of nitrogens with zero attached hydrogens (tertiary/aromatic N) is 4. The molecule has 3 N–H and O–H groups in total. The SMILES string of the molecule is Cc1nc(NCC2CCC(O)N2)nc(N(C)CC(C)(C)C)n1. The van der Waals surface area contributed by atoms with Crippen molar-refractivity contribution in [3.63, 3.8) is 0 Å². The maximum atomic E-state index is 9.48. The van der Waals surface area contributed by atoms with Gasteiger partial charge in [0.1, 0.15) is 12.1 Å². The molecule has 0 aliphatic carbocycles. The molecule has 7 heteroatoms. The molecule has 2 unspecified atom stereocenters. The van der Waals surface area contributed by atoms with Crippen molar-refractivity contribution in [2.45, 2.75) is 52.8 Å². The highest BCUT2D eigenvalue weighted by Crippen LogP contribution is 2.18. The van der Waals surface area contributed by atoms with Crippen molar-refractivity contribution in [3.8, 4) is 0 Å². The molecule has 0 saturated carbocycles. The van der Waals surface area contributed by atoms with Gasteiger partial charge in [0.15, 0.2) is 0 Å². The Morgan fingerprint density at radius 2 is 2.00 bits per heavy atom. The number of anilines is 2. The van der Waals surface area contributed by atoms with Gasteiger partial charge in [-0.15, -0.1) is 0 Å². The Labute approximate surface area is 132 Å². The molecular weight excluding hydrogens is 280 g/mol. The maximum Gasteiger partial charge on any atom is 0.230 e. The van der Waals surface area contributed by atoms with Crippen LogP contribution in [0.5, 0.6) is 0 Å². The standard InChI is InChI=1S/C15H28N6O/c1-10-17-13(16-8-11-6-7-12(22)19-11)20-14(18-10)21(5)9-15(2,3)4/h11-12,19,22H,6-9H2,1-5H3,(H,16,17,18,20). The van der Waals surface area contributed by atoms with E-state index in [4.69, 9.17) is 0 Å². The lowest BCUT2D eigenvalue weighted by Crippen LogP contribution is -2.35. The van der Waals surface area contributed by atoms with Crippen LogP contribution in [-0.2, 0) is 0 Å². The van der Waals surface area contributed by atoms with E-state index in [1.807, 2.05) is 14.0 Å². The van der Waals surface area contributed by atoms with Crippen molar-refractivity contribution in [3.05, 3.63) is 5.82 Å². The average molecular weight is 308 g/mol. The third-order valence-corrected chi connectivity index (χ3v) is 3.51. The molecule has 1 aromatic heterocycles. The molecule has 2 rings (SSSR count). The summed E-state index contributed by atoms with van der Waals surface area (Å²) in [5.41, 5.74) is 0.173. The van der Waals surface area contributed by atoms with Gasteiger partial charge in [0.25, 0.3) is 0 Å². The molecule has 1 saturated heterocycles. The Kier molecular flexibility index (Phi) is 5.18. The molecule has 1 aliphatic heterocycles. The van der Waals surface area contributed by atoms with E-state index in [0.717, 1.165) is 19.4 Å². The summed E-state index contributed by atoms with van der Waals surface area (Å²) in [6, 6.07) is 0.253. The third-order valence-electron chi connectivity index (χ3n) is 3.51. The van der Waals surface area contributed by atoms with Crippen LogP contribution in [0.15, 0.2) is 0 Å². The van der Waals surface area contributed by atoms with Crippen LogP contribution in [0.2, 0.25) is 0 Å². The first-order valence-corrected chi connectivity index (χ1v) is 7.85. The van der Waals surface area contributed by atoms with Crippen molar-refractivity contribution in [1.82, 2.24) is 20.3 Å². The minimum absolute atomic E-state index is 0.173. The van der Waals surface area contributed by atoms with Gasteiger partial charge in [-0.25, -0.2) is 0 Å². The lowest BCUT2D eigenvalue weighted by Gasteiger charge is -2.26. The molecule has 0 aromatic carbocycles. The second-order valence-electron chi connectivity index (χ2n) is 7.26. The summed E-state index contributed by atoms with van der Waals surface area (Å²) < 4.78 is 0. The van der Waals surface area contributed by atoms with Crippen LogP contribution in [-0.4, -0.2) is 52.5 Å². The number of aliphatic hydroxyl groups is 1. The van der Waals surface area contributed by atoms with Gasteiger partial charge in [-0.05, 0) is 25.2 Å². The Morgan fingerprint density at radius 1 is 1.27 bits per heavy atom. The molecule has 0 radical (unpaired) electrons. The van der Waals surface area contributed by atoms with Crippen LogP contribution in [0.4, 0.5) is 11.9 Å². The van der Waals surface area contributed by atoms with Crippen LogP contribution >= 0.6 is 0 Å². The fourth-order valence-corrected chi connectivity index (χ4v) is 2.67. The molecule has 22 heavy (non-hydrogen) atoms. The number of aryl methyl sites for hydroxylation is 1. The molecule has 2 heterocycles. The topological polar surface area (TPSA) is 86.2 Å². The predicted octanol–water partition coefficient (Wildman–Crippen LogP) is 1.14. The predicted molar refractivity (Wildman–Crippen MR) is 87.9 cm³/mol. The van der Waals surface area contributed by atoms with Crippen LogP contribution in [0.25, 0.3) is 0 Å². The number of hydrogen-bond donors (Lipinski definition) is 3. The lowest BCUT2D eigenvalue weighted by molar-refractivity contribution is 0.155. The zero-order valence-electron chi connectivity index (χ0n) is 14.2. The fraction of sp³-hybridized carbons (Fsp3) is 0.800. The zero-order chi connectivity index (χ0) is 16.3. The van der Waals surface area contributed by atoms with E-state index in [-0.39, 0.29) is 17.7 Å². The summed E-state index contributed by atoms with van der Waals surface area (Å²) in [5, 5.41) is 15.8. The monoisotopic (exact) mass is 308 g/mol. The molecule has 2 atom stereocenters. The van der Waals surface area contributed by atoms with E-state index in [2.05, 4.69) is 51.3 Å². The zero-order valence-corrected chi connectivity index (χ0v) is 14.2. The lowest BCUT2D eigenvalue weighted by atomic mass is 9.96. The Balaban J connectivity index is 2.00. The van der Waals surface area contributed by atoms with Gasteiger partial charge >= 0.3 is 0 Å². The number of nitrogens with one attached hydrogen (secondary N) is 2. The largest absolute Gasteiger partial charge is 0.379 e. The van der Waals surface area contributed by atoms with Crippen LogP contribution < -0.4 is 15.5 Å². The molecule has 0 amide bonds. The van der Waals surface area contributed by atoms with Gasteiger partial charge in [0.05, 0.1) is 0 Å². The van der Waals surface area contributed by atoms with E-state index in [0.29, 0.717) is 24.3 Å². The van der Waals surface area contributed by atoms with Crippen molar-refractivity contribution >= 4 is 11.9 Å². The Morgan fingerprint density at radius 3 is 2.59 bits per heavy atom. The second kappa shape index (κ2) is 6.75. The minimum Gasteiger partial charge on any atom is -0.379 e. The number of aromatic nitrogens is 3. The fourth-order valence-electron chi connectivity index (χ4n) is 2.67. The maximum absolute atomic E-state index is 9.48. The van der Waals surface area contributed by atoms with Crippen molar-refractivity contribution in [2.75, 3.05) is 30.4 Å². The van der Waals surface area contributed by atoms with Gasteiger partial charge in [-0.3, -0.25) is 5.32 Å². The van der Waals surface area contributed by atoms with Crippen LogP contribution in [0.3, 0.4) is 0 Å². The number of rotatable bonds is 5. The van der Waals surface area contributed by atoms with Crippen LogP contribution in [0, 0.1) is 12.3 Å². The molecule has 0 bridgehead atoms. The summed E-state index contributed by atoms with van der Waals surface area (Å²) in [6.07, 6.45) is 1.36. The van der Waals surface area contributed by atoms with Gasteiger partial charge < -0.3 is 15.3 Å². The summed E-state index contributed by atoms with van der Waals surface area (Å²) in [6.45, 7) is 10.0. The normalized spacial score (nSPS) is 21.9. The summed E-state index contributed by atoms with van der Waals surface area (Å²) >= 11 is 0. The Hall–Kier alpha value is -1.47. The first-order valence-electron chi connectivity index (χ1n) is 7.85. The molecule has 1 aromatic rings. The molecule has 7 nitrogen and oxygen atoms in total. The van der Waals surface area contributed by atoms with E-state index in [1.54, 1.807) is 0 Å². The highest BCUT2D eigenvalue weighted by molar-refractivity contribution is 5.36. The number of aliphatic hydroxyl groups excluding tert-OH is 1. The first-order chi connectivity index (χ1) is 10.2. The average Bonchev–Trinajstić information content (AvgIpc) is 2.79. The minimum atomic E-state index is -0.389. The summed E-state index contributed by atoms with van der Waals surface area (Å²) in [5.74, 6) is 1.98. The number of hydrogen-bond acceptors (Lipinski definition) is 7. The van der Waals surface area contributed by atoms with E-state index in [1.165, 1.54) is 0 Å². The third kappa shape index (κ3) is 5.06. The summed E-state index contributed by atoms with van der Waals surface area (Å²) in [4.78, 5) is 15.3. The summed E-state index contributed by atoms with van der Waals surface area (Å²) in [7, 11) is 2.00. The second-order valence-corrected chi connectivity index (χ2v) is 7.26. The van der Waals surface area contributed by atoms with E-state index >= 15 is 0 Å². The van der Waals surface area contributed by atoms with E-state index in [9.17, 15) is 5.11 Å². The van der Waals surface area contributed by atoms with Crippen molar-refractivity contribution in [2.24, 2.45) is 5.41 Å². The molecule has 124 valence electrons. The van der Waals surface area contributed by atoms with Crippen LogP contribution in [0.1, 0.15) is 39.4 Å². The van der Waals surface area contributed by atoms with Gasteiger partial charge in [-0.1, -0.05) is 20.8 Å². The van der Waals surface area contributed by atoms with Gasteiger partial charge in [-0.2, -0.15) is 15.0 Å². The van der Waals surface area contributed by atoms with Gasteiger partial charge in [0, 0.05) is 26.2 Å². The molecule has 0 spiro atoms. The Bertz CT molecular complexity index is 501.